The lowest BCUT2D eigenvalue weighted by Gasteiger charge is -2.08. The van der Waals surface area contributed by atoms with Crippen molar-refractivity contribution in [1.29, 1.82) is 0 Å². The Kier molecular flexibility index (Phi) is 7.06. The van der Waals surface area contributed by atoms with Crippen LogP contribution < -0.4 is 15.6 Å². The molecule has 1 aromatic carbocycles. The van der Waals surface area contributed by atoms with Crippen molar-refractivity contribution in [3.05, 3.63) is 63.0 Å². The molecule has 24 heavy (non-hydrogen) atoms. The average molecular weight is 393 g/mol. The van der Waals surface area contributed by atoms with Crippen LogP contribution in [0.1, 0.15) is 18.4 Å². The van der Waals surface area contributed by atoms with Crippen LogP contribution in [-0.4, -0.2) is 23.6 Å². The van der Waals surface area contributed by atoms with Gasteiger partial charge in [-0.1, -0.05) is 17.7 Å². The average Bonchev–Trinajstić information content (AvgIpc) is 2.57. The van der Waals surface area contributed by atoms with Gasteiger partial charge in [-0.15, -0.1) is 0 Å². The van der Waals surface area contributed by atoms with Crippen molar-refractivity contribution in [2.45, 2.75) is 26.3 Å². The highest BCUT2D eigenvalue weighted by molar-refractivity contribution is 9.10. The summed E-state index contributed by atoms with van der Waals surface area (Å²) in [7, 11) is 0. The lowest BCUT2D eigenvalue weighted by atomic mass is 10.2. The molecule has 0 atom stereocenters. The van der Waals surface area contributed by atoms with Crippen molar-refractivity contribution in [2.75, 3.05) is 13.2 Å². The van der Waals surface area contributed by atoms with E-state index in [1.54, 1.807) is 16.8 Å². The molecule has 0 fully saturated rings. The molecule has 1 N–H and O–H groups in total. The Morgan fingerprint density at radius 2 is 1.92 bits per heavy atom. The molecule has 2 rings (SSSR count). The number of aromatic nitrogens is 1. The zero-order valence-corrected chi connectivity index (χ0v) is 15.2. The van der Waals surface area contributed by atoms with E-state index >= 15 is 0 Å². The van der Waals surface area contributed by atoms with Crippen LogP contribution in [0.15, 0.2) is 51.9 Å². The van der Waals surface area contributed by atoms with Gasteiger partial charge in [0.25, 0.3) is 11.5 Å². The molecule has 1 amide bonds. The van der Waals surface area contributed by atoms with E-state index in [0.717, 1.165) is 22.9 Å². The summed E-state index contributed by atoms with van der Waals surface area (Å²) in [5, 5.41) is 2.82. The Morgan fingerprint density at radius 1 is 1.17 bits per heavy atom. The van der Waals surface area contributed by atoms with Crippen LogP contribution in [0.2, 0.25) is 0 Å². The number of amides is 1. The van der Waals surface area contributed by atoms with Gasteiger partial charge in [0.2, 0.25) is 0 Å². The Hall–Kier alpha value is -2.08. The number of pyridine rings is 1. The van der Waals surface area contributed by atoms with Gasteiger partial charge < -0.3 is 14.6 Å². The molecular formula is C18H21BrN2O3. The molecule has 0 bridgehead atoms. The summed E-state index contributed by atoms with van der Waals surface area (Å²) in [6.45, 7) is 3.21. The minimum atomic E-state index is -0.143. The molecule has 0 aliphatic carbocycles. The number of nitrogens with zero attached hydrogens (tertiary/aromatic N) is 1. The van der Waals surface area contributed by atoms with Gasteiger partial charge in [-0.2, -0.15) is 0 Å². The summed E-state index contributed by atoms with van der Waals surface area (Å²) < 4.78 is 7.95. The third-order valence-corrected chi connectivity index (χ3v) is 3.96. The lowest BCUT2D eigenvalue weighted by Crippen LogP contribution is -2.30. The normalized spacial score (nSPS) is 10.4. The summed E-state index contributed by atoms with van der Waals surface area (Å²) in [4.78, 5) is 23.4. The van der Waals surface area contributed by atoms with Gasteiger partial charge in [0, 0.05) is 29.8 Å². The summed E-state index contributed by atoms with van der Waals surface area (Å²) in [6, 6.07) is 10.8. The third-order valence-electron chi connectivity index (χ3n) is 3.49. The molecule has 1 heterocycles. The highest BCUT2D eigenvalue weighted by Gasteiger charge is 2.02. The van der Waals surface area contributed by atoms with E-state index in [4.69, 9.17) is 4.74 Å². The maximum absolute atomic E-state index is 11.7. The largest absolute Gasteiger partial charge is 0.484 e. The summed E-state index contributed by atoms with van der Waals surface area (Å²) in [5.74, 6) is 0.542. The second-order valence-electron chi connectivity index (χ2n) is 5.54. The molecule has 6 heteroatoms. The fourth-order valence-electron chi connectivity index (χ4n) is 2.15. The standard InChI is InChI=1S/C18H21BrN2O3/c1-14-4-7-16(8-5-14)24-13-17(22)20-10-2-3-11-21-12-15(19)6-9-18(21)23/h4-9,12H,2-3,10-11,13H2,1H3,(H,20,22). The van der Waals surface area contributed by atoms with Crippen LogP contribution >= 0.6 is 15.9 Å². The van der Waals surface area contributed by atoms with Gasteiger partial charge in [0.1, 0.15) is 5.75 Å². The summed E-state index contributed by atoms with van der Waals surface area (Å²) >= 11 is 3.35. The summed E-state index contributed by atoms with van der Waals surface area (Å²) in [6.07, 6.45) is 3.39. The first-order valence-corrected chi connectivity index (χ1v) is 8.66. The molecule has 0 unspecified atom stereocenters. The molecule has 0 saturated carbocycles. The molecule has 0 saturated heterocycles. The van der Waals surface area contributed by atoms with E-state index in [-0.39, 0.29) is 18.1 Å². The highest BCUT2D eigenvalue weighted by Crippen LogP contribution is 2.10. The number of nitrogens with one attached hydrogen (secondary N) is 1. The van der Waals surface area contributed by atoms with Crippen LogP contribution in [0.4, 0.5) is 0 Å². The van der Waals surface area contributed by atoms with Crippen LogP contribution in [-0.2, 0) is 11.3 Å². The molecule has 128 valence electrons. The third kappa shape index (κ3) is 6.20. The first-order chi connectivity index (χ1) is 11.5. The number of hydrogen-bond acceptors (Lipinski definition) is 3. The maximum atomic E-state index is 11.7. The molecule has 0 radical (unpaired) electrons. The van der Waals surface area contributed by atoms with Gasteiger partial charge in [-0.3, -0.25) is 9.59 Å². The number of hydrogen-bond donors (Lipinski definition) is 1. The van der Waals surface area contributed by atoms with E-state index in [9.17, 15) is 9.59 Å². The van der Waals surface area contributed by atoms with Gasteiger partial charge in [0.15, 0.2) is 6.61 Å². The lowest BCUT2D eigenvalue weighted by molar-refractivity contribution is -0.123. The Bertz CT molecular complexity index is 726. The Labute approximate surface area is 149 Å². The van der Waals surface area contributed by atoms with Gasteiger partial charge in [0.05, 0.1) is 0 Å². The molecule has 0 aliphatic rings. The van der Waals surface area contributed by atoms with Crippen LogP contribution in [0.3, 0.4) is 0 Å². The minimum Gasteiger partial charge on any atom is -0.484 e. The van der Waals surface area contributed by atoms with Crippen LogP contribution in [0.25, 0.3) is 0 Å². The van der Waals surface area contributed by atoms with Crippen molar-refractivity contribution in [2.24, 2.45) is 0 Å². The second-order valence-corrected chi connectivity index (χ2v) is 6.45. The van der Waals surface area contributed by atoms with Crippen LogP contribution in [0, 0.1) is 6.92 Å². The fraction of sp³-hybridized carbons (Fsp3) is 0.333. The fourth-order valence-corrected chi connectivity index (χ4v) is 2.53. The molecule has 2 aromatic rings. The smallest absolute Gasteiger partial charge is 0.257 e. The van der Waals surface area contributed by atoms with Gasteiger partial charge in [-0.25, -0.2) is 0 Å². The monoisotopic (exact) mass is 392 g/mol. The number of carbonyl (C=O) groups is 1. The van der Waals surface area contributed by atoms with E-state index < -0.39 is 0 Å². The zero-order chi connectivity index (χ0) is 17.4. The van der Waals surface area contributed by atoms with Crippen molar-refractivity contribution in [1.82, 2.24) is 9.88 Å². The predicted octanol–water partition coefficient (Wildman–Crippen LogP) is 2.89. The number of unbranched alkanes of at least 4 members (excludes halogenated alkanes) is 1. The molecule has 0 aliphatic heterocycles. The second kappa shape index (κ2) is 9.27. The topological polar surface area (TPSA) is 60.3 Å². The maximum Gasteiger partial charge on any atom is 0.257 e. The molecule has 1 aromatic heterocycles. The Morgan fingerprint density at radius 3 is 2.67 bits per heavy atom. The summed E-state index contributed by atoms with van der Waals surface area (Å²) in [5.41, 5.74) is 1.13. The first kappa shape index (κ1) is 18.3. The first-order valence-electron chi connectivity index (χ1n) is 7.87. The van der Waals surface area contributed by atoms with E-state index in [1.165, 1.54) is 6.07 Å². The number of halogens is 1. The SMILES string of the molecule is Cc1ccc(OCC(=O)NCCCCn2cc(Br)ccc2=O)cc1. The zero-order valence-electron chi connectivity index (χ0n) is 13.6. The van der Waals surface area contributed by atoms with Crippen molar-refractivity contribution in [3.63, 3.8) is 0 Å². The molecule has 5 nitrogen and oxygen atoms in total. The number of rotatable bonds is 8. The molecule has 0 spiro atoms. The number of ether oxygens (including phenoxy) is 1. The van der Waals surface area contributed by atoms with Crippen molar-refractivity contribution >= 4 is 21.8 Å². The highest BCUT2D eigenvalue weighted by atomic mass is 79.9. The quantitative estimate of drug-likeness (QED) is 0.702. The van der Waals surface area contributed by atoms with E-state index in [0.29, 0.717) is 18.8 Å². The van der Waals surface area contributed by atoms with E-state index in [1.807, 2.05) is 31.2 Å². The Balaban J connectivity index is 1.61. The predicted molar refractivity (Wildman–Crippen MR) is 97.3 cm³/mol. The van der Waals surface area contributed by atoms with Crippen molar-refractivity contribution < 1.29 is 9.53 Å². The van der Waals surface area contributed by atoms with Gasteiger partial charge >= 0.3 is 0 Å². The number of benzene rings is 1. The van der Waals surface area contributed by atoms with Crippen molar-refractivity contribution in [3.8, 4) is 5.75 Å². The molecular weight excluding hydrogens is 372 g/mol. The van der Waals surface area contributed by atoms with Crippen LogP contribution in [0.5, 0.6) is 5.75 Å². The van der Waals surface area contributed by atoms with E-state index in [2.05, 4.69) is 21.2 Å². The number of carbonyl (C=O) groups excluding carboxylic acids is 1. The van der Waals surface area contributed by atoms with Gasteiger partial charge in [-0.05, 0) is 53.9 Å². The minimum absolute atomic E-state index is 0.00809. The number of aryl methyl sites for hydroxylation is 2.